The van der Waals surface area contributed by atoms with Crippen molar-refractivity contribution in [1.82, 2.24) is 9.97 Å². The number of aromatic carboxylic acids is 1. The summed E-state index contributed by atoms with van der Waals surface area (Å²) in [6.45, 7) is 0. The standard InChI is InChI=1S/C12H9FN2O3S/c13-8-3-1-2-4-9(8)19-6-10-14-5-7(12(17)18)11(16)15-10/h1-5H,6H2,(H,17,18)(H,14,15,16). The molecule has 2 aromatic rings. The summed E-state index contributed by atoms with van der Waals surface area (Å²) in [6.07, 6.45) is 0.998. The molecule has 0 aliphatic heterocycles. The van der Waals surface area contributed by atoms with Crippen LogP contribution >= 0.6 is 11.8 Å². The van der Waals surface area contributed by atoms with Crippen LogP contribution in [0.1, 0.15) is 16.2 Å². The van der Waals surface area contributed by atoms with Crippen LogP contribution in [0, 0.1) is 5.82 Å². The van der Waals surface area contributed by atoms with Gasteiger partial charge in [-0.25, -0.2) is 14.2 Å². The van der Waals surface area contributed by atoms with Gasteiger partial charge in [0.1, 0.15) is 17.2 Å². The Morgan fingerprint density at radius 2 is 2.16 bits per heavy atom. The highest BCUT2D eigenvalue weighted by Gasteiger charge is 2.10. The molecule has 7 heteroatoms. The number of carboxylic acid groups (broad SMARTS) is 1. The van der Waals surface area contributed by atoms with E-state index in [0.29, 0.717) is 10.7 Å². The number of nitrogens with zero attached hydrogens (tertiary/aromatic N) is 1. The molecule has 0 atom stereocenters. The van der Waals surface area contributed by atoms with Crippen LogP contribution in [0.4, 0.5) is 4.39 Å². The van der Waals surface area contributed by atoms with Crippen molar-refractivity contribution >= 4 is 17.7 Å². The molecule has 0 unspecified atom stereocenters. The smallest absolute Gasteiger partial charge is 0.342 e. The van der Waals surface area contributed by atoms with Crippen LogP contribution in [0.15, 0.2) is 40.2 Å². The van der Waals surface area contributed by atoms with Gasteiger partial charge in [-0.1, -0.05) is 12.1 Å². The minimum Gasteiger partial charge on any atom is -0.477 e. The van der Waals surface area contributed by atoms with Gasteiger partial charge in [0, 0.05) is 11.1 Å². The van der Waals surface area contributed by atoms with Crippen molar-refractivity contribution in [3.8, 4) is 0 Å². The number of carbonyl (C=O) groups is 1. The van der Waals surface area contributed by atoms with Gasteiger partial charge in [-0.3, -0.25) is 4.79 Å². The number of aromatic nitrogens is 2. The van der Waals surface area contributed by atoms with Gasteiger partial charge in [0.15, 0.2) is 0 Å². The molecule has 2 rings (SSSR count). The topological polar surface area (TPSA) is 83.0 Å². The molecule has 0 spiro atoms. The Kier molecular flexibility index (Phi) is 3.96. The number of H-pyrrole nitrogens is 1. The predicted molar refractivity (Wildman–Crippen MR) is 67.8 cm³/mol. The van der Waals surface area contributed by atoms with Crippen LogP contribution < -0.4 is 5.56 Å². The maximum absolute atomic E-state index is 13.4. The van der Waals surface area contributed by atoms with Crippen molar-refractivity contribution in [2.75, 3.05) is 0 Å². The van der Waals surface area contributed by atoms with Gasteiger partial charge in [0.05, 0.1) is 5.75 Å². The molecule has 0 radical (unpaired) electrons. The van der Waals surface area contributed by atoms with E-state index in [4.69, 9.17) is 5.11 Å². The second-order valence-electron chi connectivity index (χ2n) is 3.60. The van der Waals surface area contributed by atoms with Gasteiger partial charge < -0.3 is 10.1 Å². The van der Waals surface area contributed by atoms with Crippen molar-refractivity contribution < 1.29 is 14.3 Å². The lowest BCUT2D eigenvalue weighted by Gasteiger charge is -2.02. The molecule has 19 heavy (non-hydrogen) atoms. The number of thioether (sulfide) groups is 1. The zero-order chi connectivity index (χ0) is 13.8. The molecule has 98 valence electrons. The van der Waals surface area contributed by atoms with Gasteiger partial charge in [-0.15, -0.1) is 11.8 Å². The third-order valence-electron chi connectivity index (χ3n) is 2.28. The summed E-state index contributed by atoms with van der Waals surface area (Å²) < 4.78 is 13.4. The summed E-state index contributed by atoms with van der Waals surface area (Å²) in [5, 5.41) is 8.69. The molecule has 1 aromatic heterocycles. The number of rotatable bonds is 4. The van der Waals surface area contributed by atoms with E-state index in [0.717, 1.165) is 6.20 Å². The Hall–Kier alpha value is -2.15. The Morgan fingerprint density at radius 3 is 2.79 bits per heavy atom. The number of carboxylic acids is 1. The van der Waals surface area contributed by atoms with E-state index in [2.05, 4.69) is 9.97 Å². The second kappa shape index (κ2) is 5.66. The summed E-state index contributed by atoms with van der Waals surface area (Å²) in [6, 6.07) is 6.24. The average molecular weight is 280 g/mol. The number of benzene rings is 1. The number of halogens is 1. The SMILES string of the molecule is O=C(O)c1cnc(CSc2ccccc2F)[nH]c1=O. The number of nitrogens with one attached hydrogen (secondary N) is 1. The lowest BCUT2D eigenvalue weighted by Crippen LogP contribution is -2.19. The highest BCUT2D eigenvalue weighted by molar-refractivity contribution is 7.98. The first-order valence-electron chi connectivity index (χ1n) is 5.27. The fourth-order valence-electron chi connectivity index (χ4n) is 1.37. The maximum Gasteiger partial charge on any atom is 0.342 e. The third kappa shape index (κ3) is 3.19. The van der Waals surface area contributed by atoms with Gasteiger partial charge in [0.2, 0.25) is 0 Å². The Labute approximate surface area is 111 Å². The fraction of sp³-hybridized carbons (Fsp3) is 0.0833. The Balaban J connectivity index is 2.13. The van der Waals surface area contributed by atoms with Crippen molar-refractivity contribution in [2.45, 2.75) is 10.6 Å². The molecule has 1 heterocycles. The molecular weight excluding hydrogens is 271 g/mol. The van der Waals surface area contributed by atoms with E-state index >= 15 is 0 Å². The first-order valence-corrected chi connectivity index (χ1v) is 6.25. The minimum atomic E-state index is -1.33. The zero-order valence-corrected chi connectivity index (χ0v) is 10.4. The fourth-order valence-corrected chi connectivity index (χ4v) is 2.18. The predicted octanol–water partition coefficient (Wildman–Crippen LogP) is 1.90. The summed E-state index contributed by atoms with van der Waals surface area (Å²) in [4.78, 5) is 28.7. The quantitative estimate of drug-likeness (QED) is 0.836. The largest absolute Gasteiger partial charge is 0.477 e. The second-order valence-corrected chi connectivity index (χ2v) is 4.61. The van der Waals surface area contributed by atoms with Crippen molar-refractivity contribution in [3.05, 3.63) is 58.0 Å². The molecule has 0 aliphatic rings. The van der Waals surface area contributed by atoms with Crippen molar-refractivity contribution in [3.63, 3.8) is 0 Å². The first-order chi connectivity index (χ1) is 9.08. The number of hydrogen-bond acceptors (Lipinski definition) is 4. The molecule has 0 saturated heterocycles. The minimum absolute atomic E-state index is 0.246. The van der Waals surface area contributed by atoms with Gasteiger partial charge >= 0.3 is 5.97 Å². The zero-order valence-electron chi connectivity index (χ0n) is 9.59. The molecule has 0 bridgehead atoms. The van der Waals surface area contributed by atoms with Crippen molar-refractivity contribution in [1.29, 1.82) is 0 Å². The molecular formula is C12H9FN2O3S. The lowest BCUT2D eigenvalue weighted by atomic mass is 10.3. The third-order valence-corrected chi connectivity index (χ3v) is 3.34. The highest BCUT2D eigenvalue weighted by atomic mass is 32.2. The number of hydrogen-bond donors (Lipinski definition) is 2. The van der Waals surface area contributed by atoms with Crippen LogP contribution in [0.5, 0.6) is 0 Å². The molecule has 2 N–H and O–H groups in total. The summed E-state index contributed by atoms with van der Waals surface area (Å²) in [7, 11) is 0. The Bertz CT molecular complexity index is 672. The molecule has 0 saturated carbocycles. The first kappa shape index (κ1) is 13.3. The molecule has 0 aliphatic carbocycles. The molecule has 0 fully saturated rings. The van der Waals surface area contributed by atoms with Gasteiger partial charge in [-0.2, -0.15) is 0 Å². The molecule has 5 nitrogen and oxygen atoms in total. The monoisotopic (exact) mass is 280 g/mol. The van der Waals surface area contributed by atoms with Crippen LogP contribution in [0.25, 0.3) is 0 Å². The lowest BCUT2D eigenvalue weighted by molar-refractivity contribution is 0.0694. The summed E-state index contributed by atoms with van der Waals surface area (Å²) in [5.41, 5.74) is -1.13. The van der Waals surface area contributed by atoms with Crippen LogP contribution in [-0.4, -0.2) is 21.0 Å². The average Bonchev–Trinajstić information content (AvgIpc) is 2.37. The molecule has 0 amide bonds. The van der Waals surface area contributed by atoms with E-state index in [1.165, 1.54) is 17.8 Å². The van der Waals surface area contributed by atoms with E-state index in [-0.39, 0.29) is 11.6 Å². The van der Waals surface area contributed by atoms with E-state index in [9.17, 15) is 14.0 Å². The van der Waals surface area contributed by atoms with Crippen molar-refractivity contribution in [2.24, 2.45) is 0 Å². The summed E-state index contributed by atoms with van der Waals surface area (Å²) >= 11 is 1.17. The van der Waals surface area contributed by atoms with E-state index < -0.39 is 17.1 Å². The highest BCUT2D eigenvalue weighted by Crippen LogP contribution is 2.23. The van der Waals surface area contributed by atoms with Crippen LogP contribution in [-0.2, 0) is 5.75 Å². The van der Waals surface area contributed by atoms with Gasteiger partial charge in [0.25, 0.3) is 5.56 Å². The van der Waals surface area contributed by atoms with E-state index in [1.807, 2.05) is 0 Å². The molecule has 1 aromatic carbocycles. The van der Waals surface area contributed by atoms with Crippen LogP contribution in [0.3, 0.4) is 0 Å². The summed E-state index contributed by atoms with van der Waals surface area (Å²) in [5.74, 6) is -1.14. The van der Waals surface area contributed by atoms with E-state index in [1.54, 1.807) is 18.2 Å². The normalized spacial score (nSPS) is 10.4. The van der Waals surface area contributed by atoms with Gasteiger partial charge in [-0.05, 0) is 12.1 Å². The number of aromatic amines is 1. The Morgan fingerprint density at radius 1 is 1.42 bits per heavy atom. The van der Waals surface area contributed by atoms with Crippen LogP contribution in [0.2, 0.25) is 0 Å². The maximum atomic E-state index is 13.4.